The number of carbonyl (C=O) groups excluding carboxylic acids is 1. The lowest BCUT2D eigenvalue weighted by Gasteiger charge is -2.09. The molecule has 0 saturated carbocycles. The summed E-state index contributed by atoms with van der Waals surface area (Å²) in [4.78, 5) is 13.3. The van der Waals surface area contributed by atoms with Crippen LogP contribution >= 0.6 is 11.8 Å². The number of benzene rings is 2. The third-order valence-corrected chi connectivity index (χ3v) is 3.64. The number of carbonyl (C=O) groups is 1. The molecule has 0 aliphatic rings. The van der Waals surface area contributed by atoms with Gasteiger partial charge in [0.25, 0.3) is 5.91 Å². The molecule has 0 heterocycles. The number of thioether (sulfide) groups is 1. The van der Waals surface area contributed by atoms with Gasteiger partial charge in [-0.2, -0.15) is 0 Å². The number of amides is 1. The molecule has 21 heavy (non-hydrogen) atoms. The fourth-order valence-corrected chi connectivity index (χ4v) is 2.35. The Bertz CT molecular complexity index is 623. The Kier molecular flexibility index (Phi) is 5.46. The molecule has 0 aliphatic heterocycles. The molecule has 2 aromatic carbocycles. The van der Waals surface area contributed by atoms with E-state index in [9.17, 15) is 4.79 Å². The van der Waals surface area contributed by atoms with Crippen LogP contribution in [0.4, 0.5) is 5.69 Å². The Morgan fingerprint density at radius 2 is 1.95 bits per heavy atom. The zero-order valence-corrected chi connectivity index (χ0v) is 12.7. The molecule has 4 heteroatoms. The maximum atomic E-state index is 12.2. The number of hydrogen-bond donors (Lipinski definition) is 1. The summed E-state index contributed by atoms with van der Waals surface area (Å²) >= 11 is 1.60. The van der Waals surface area contributed by atoms with E-state index in [1.54, 1.807) is 42.1 Å². The minimum atomic E-state index is -0.133. The topological polar surface area (TPSA) is 38.3 Å². The van der Waals surface area contributed by atoms with Gasteiger partial charge in [0.05, 0.1) is 5.69 Å². The van der Waals surface area contributed by atoms with Gasteiger partial charge in [0.2, 0.25) is 0 Å². The zero-order valence-electron chi connectivity index (χ0n) is 11.8. The summed E-state index contributed by atoms with van der Waals surface area (Å²) in [5.74, 6) is 0.586. The molecule has 2 aromatic rings. The number of rotatable bonds is 6. The number of nitrogens with one attached hydrogen (secondary N) is 1. The van der Waals surface area contributed by atoms with Gasteiger partial charge in [0.15, 0.2) is 0 Å². The van der Waals surface area contributed by atoms with Crippen molar-refractivity contribution in [2.24, 2.45) is 0 Å². The van der Waals surface area contributed by atoms with Gasteiger partial charge in [0, 0.05) is 10.5 Å². The molecule has 0 radical (unpaired) electrons. The van der Waals surface area contributed by atoms with Crippen LogP contribution in [0.2, 0.25) is 0 Å². The average Bonchev–Trinajstić information content (AvgIpc) is 2.54. The van der Waals surface area contributed by atoms with Crippen molar-refractivity contribution in [2.45, 2.75) is 4.90 Å². The van der Waals surface area contributed by atoms with E-state index in [4.69, 9.17) is 4.74 Å². The van der Waals surface area contributed by atoms with Gasteiger partial charge >= 0.3 is 0 Å². The molecular formula is C17H17NO2S. The van der Waals surface area contributed by atoms with Crippen molar-refractivity contribution in [3.05, 3.63) is 66.7 Å². The highest BCUT2D eigenvalue weighted by atomic mass is 32.2. The van der Waals surface area contributed by atoms with Gasteiger partial charge in [-0.05, 0) is 42.7 Å². The monoisotopic (exact) mass is 299 g/mol. The fourth-order valence-electron chi connectivity index (χ4n) is 1.80. The van der Waals surface area contributed by atoms with E-state index in [0.29, 0.717) is 12.2 Å². The quantitative estimate of drug-likeness (QED) is 0.641. The summed E-state index contributed by atoms with van der Waals surface area (Å²) in [6, 6.07) is 14.8. The van der Waals surface area contributed by atoms with Crippen molar-refractivity contribution in [3.63, 3.8) is 0 Å². The lowest BCUT2D eigenvalue weighted by molar-refractivity contribution is 0.102. The summed E-state index contributed by atoms with van der Waals surface area (Å²) in [5.41, 5.74) is 1.42. The predicted molar refractivity (Wildman–Crippen MR) is 88.3 cm³/mol. The van der Waals surface area contributed by atoms with Crippen LogP contribution < -0.4 is 10.1 Å². The van der Waals surface area contributed by atoms with Crippen molar-refractivity contribution in [1.82, 2.24) is 0 Å². The third kappa shape index (κ3) is 4.13. The van der Waals surface area contributed by atoms with Crippen LogP contribution in [0.5, 0.6) is 5.75 Å². The van der Waals surface area contributed by atoms with Crippen molar-refractivity contribution in [1.29, 1.82) is 0 Å². The molecule has 0 spiro atoms. The first kappa shape index (κ1) is 15.2. The molecule has 2 rings (SSSR count). The lowest BCUT2D eigenvalue weighted by atomic mass is 10.2. The minimum absolute atomic E-state index is 0.133. The van der Waals surface area contributed by atoms with E-state index in [2.05, 4.69) is 11.9 Å². The number of hydrogen-bond acceptors (Lipinski definition) is 3. The van der Waals surface area contributed by atoms with E-state index in [1.165, 1.54) is 0 Å². The van der Waals surface area contributed by atoms with Crippen LogP contribution in [0, 0.1) is 0 Å². The summed E-state index contributed by atoms with van der Waals surface area (Å²) in [6.07, 6.45) is 3.66. The van der Waals surface area contributed by atoms with Gasteiger partial charge in [-0.25, -0.2) is 0 Å². The minimum Gasteiger partial charge on any atom is -0.490 e. The van der Waals surface area contributed by atoms with E-state index in [1.807, 2.05) is 30.5 Å². The highest BCUT2D eigenvalue weighted by Gasteiger charge is 2.08. The number of para-hydroxylation sites is 1. The van der Waals surface area contributed by atoms with E-state index >= 15 is 0 Å². The first-order valence-corrected chi connectivity index (χ1v) is 7.75. The Hall–Kier alpha value is -2.20. The molecule has 1 amide bonds. The van der Waals surface area contributed by atoms with Crippen LogP contribution in [0.15, 0.2) is 66.1 Å². The molecule has 3 nitrogen and oxygen atoms in total. The smallest absolute Gasteiger partial charge is 0.255 e. The Morgan fingerprint density at radius 1 is 1.24 bits per heavy atom. The molecule has 0 fully saturated rings. The lowest BCUT2D eigenvalue weighted by Crippen LogP contribution is -2.12. The van der Waals surface area contributed by atoms with Gasteiger partial charge in [-0.15, -0.1) is 11.8 Å². The molecule has 0 saturated heterocycles. The molecular weight excluding hydrogens is 282 g/mol. The van der Waals surface area contributed by atoms with Gasteiger partial charge in [-0.3, -0.25) is 4.79 Å². The largest absolute Gasteiger partial charge is 0.490 e. The Labute approximate surface area is 129 Å². The number of anilines is 1. The molecule has 0 atom stereocenters. The molecule has 108 valence electrons. The molecule has 0 aliphatic carbocycles. The van der Waals surface area contributed by atoms with Crippen molar-refractivity contribution >= 4 is 23.4 Å². The van der Waals surface area contributed by atoms with Crippen molar-refractivity contribution < 1.29 is 9.53 Å². The zero-order chi connectivity index (χ0) is 15.1. The maximum Gasteiger partial charge on any atom is 0.255 e. The first-order chi connectivity index (χ1) is 10.2. The summed E-state index contributed by atoms with van der Waals surface area (Å²) in [7, 11) is 0. The van der Waals surface area contributed by atoms with E-state index < -0.39 is 0 Å². The highest BCUT2D eigenvalue weighted by Crippen LogP contribution is 2.25. The Morgan fingerprint density at radius 3 is 2.62 bits per heavy atom. The molecule has 0 bridgehead atoms. The Balaban J connectivity index is 2.07. The molecule has 0 aromatic heterocycles. The fraction of sp³-hybridized carbons (Fsp3) is 0.118. The van der Waals surface area contributed by atoms with Crippen LogP contribution in [0.1, 0.15) is 10.4 Å². The van der Waals surface area contributed by atoms with E-state index in [-0.39, 0.29) is 5.91 Å². The second kappa shape index (κ2) is 7.55. The van der Waals surface area contributed by atoms with E-state index in [0.717, 1.165) is 16.3 Å². The average molecular weight is 299 g/mol. The standard InChI is InChI=1S/C17H17NO2S/c1-3-12-20-14-10-8-13(9-11-14)17(19)18-15-6-4-5-7-16(15)21-2/h3-11H,1,12H2,2H3,(H,18,19). The summed E-state index contributed by atoms with van der Waals surface area (Å²) in [6.45, 7) is 4.04. The van der Waals surface area contributed by atoms with Crippen LogP contribution in [0.3, 0.4) is 0 Å². The normalized spacial score (nSPS) is 9.95. The van der Waals surface area contributed by atoms with Gasteiger partial charge < -0.3 is 10.1 Å². The van der Waals surface area contributed by atoms with Gasteiger partial charge in [0.1, 0.15) is 12.4 Å². The second-order valence-electron chi connectivity index (χ2n) is 4.28. The SMILES string of the molecule is C=CCOc1ccc(C(=O)Nc2ccccc2SC)cc1. The van der Waals surface area contributed by atoms with Crippen LogP contribution in [-0.2, 0) is 0 Å². The summed E-state index contributed by atoms with van der Waals surface area (Å²) < 4.78 is 5.39. The predicted octanol–water partition coefficient (Wildman–Crippen LogP) is 4.23. The molecule has 0 unspecified atom stereocenters. The van der Waals surface area contributed by atoms with Crippen LogP contribution in [-0.4, -0.2) is 18.8 Å². The molecule has 1 N–H and O–H groups in total. The van der Waals surface area contributed by atoms with Crippen molar-refractivity contribution in [3.8, 4) is 5.75 Å². The maximum absolute atomic E-state index is 12.2. The highest BCUT2D eigenvalue weighted by molar-refractivity contribution is 7.98. The third-order valence-electron chi connectivity index (χ3n) is 2.84. The van der Waals surface area contributed by atoms with Gasteiger partial charge in [-0.1, -0.05) is 24.8 Å². The second-order valence-corrected chi connectivity index (χ2v) is 5.13. The van der Waals surface area contributed by atoms with Crippen molar-refractivity contribution in [2.75, 3.05) is 18.2 Å². The summed E-state index contributed by atoms with van der Waals surface area (Å²) in [5, 5.41) is 2.92. The number of ether oxygens (including phenoxy) is 1. The van der Waals surface area contributed by atoms with Crippen LogP contribution in [0.25, 0.3) is 0 Å². The first-order valence-electron chi connectivity index (χ1n) is 6.52.